The fourth-order valence-corrected chi connectivity index (χ4v) is 1.91. The first kappa shape index (κ1) is 9.96. The molecule has 0 bridgehead atoms. The van der Waals surface area contributed by atoms with Crippen molar-refractivity contribution in [3.63, 3.8) is 0 Å². The predicted molar refractivity (Wildman–Crippen MR) is 64.0 cm³/mol. The molecule has 1 heterocycles. The summed E-state index contributed by atoms with van der Waals surface area (Å²) >= 11 is 0. The average Bonchev–Trinajstić information content (AvgIpc) is 2.98. The summed E-state index contributed by atoms with van der Waals surface area (Å²) < 4.78 is 1.69. The van der Waals surface area contributed by atoms with Crippen molar-refractivity contribution in [2.45, 2.75) is 12.8 Å². The Kier molecular flexibility index (Phi) is 2.33. The molecule has 0 radical (unpaired) electrons. The molecule has 3 rings (SSSR count). The van der Waals surface area contributed by atoms with Crippen LogP contribution in [0.4, 0.5) is 0 Å². The fourth-order valence-electron chi connectivity index (χ4n) is 1.91. The normalized spacial score (nSPS) is 15.1. The van der Waals surface area contributed by atoms with Gasteiger partial charge in [0.2, 0.25) is 0 Å². The third-order valence-electron chi connectivity index (χ3n) is 2.81. The molecule has 4 nitrogen and oxygen atoms in total. The van der Waals surface area contributed by atoms with Gasteiger partial charge in [-0.25, -0.2) is 4.68 Å². The van der Waals surface area contributed by atoms with Gasteiger partial charge in [0.25, 0.3) is 0 Å². The van der Waals surface area contributed by atoms with E-state index in [1.54, 1.807) is 10.8 Å². The number of allylic oxidation sites excluding steroid dienone is 2. The van der Waals surface area contributed by atoms with E-state index in [1.807, 2.05) is 36.5 Å². The highest BCUT2D eigenvalue weighted by Gasteiger charge is 2.15. The van der Waals surface area contributed by atoms with Crippen LogP contribution < -0.4 is 0 Å². The smallest absolute Gasteiger partial charge is 0.157 e. The van der Waals surface area contributed by atoms with Crippen LogP contribution in [-0.2, 0) is 4.79 Å². The maximum atomic E-state index is 11.2. The van der Waals surface area contributed by atoms with Crippen molar-refractivity contribution in [3.8, 4) is 11.3 Å². The molecule has 0 amide bonds. The van der Waals surface area contributed by atoms with E-state index in [1.165, 1.54) is 0 Å². The summed E-state index contributed by atoms with van der Waals surface area (Å²) in [7, 11) is 0. The van der Waals surface area contributed by atoms with Gasteiger partial charge < -0.3 is 0 Å². The van der Waals surface area contributed by atoms with Gasteiger partial charge in [0, 0.05) is 23.8 Å². The molecule has 17 heavy (non-hydrogen) atoms. The lowest BCUT2D eigenvalue weighted by Crippen LogP contribution is -1.94. The van der Waals surface area contributed by atoms with Crippen LogP contribution in [0.15, 0.2) is 42.6 Å². The zero-order chi connectivity index (χ0) is 11.7. The summed E-state index contributed by atoms with van der Waals surface area (Å²) in [5.74, 6) is 0.164. The van der Waals surface area contributed by atoms with Crippen molar-refractivity contribution in [1.29, 1.82) is 0 Å². The van der Waals surface area contributed by atoms with Crippen LogP contribution in [0.3, 0.4) is 0 Å². The SMILES string of the molecule is O=C1C=C(n2cc(-c3ccccc3)nn2)CC1. The lowest BCUT2D eigenvalue weighted by Gasteiger charge is -1.97. The quantitative estimate of drug-likeness (QED) is 0.786. The largest absolute Gasteiger partial charge is 0.295 e. The Morgan fingerprint density at radius 3 is 2.65 bits per heavy atom. The molecule has 2 aromatic rings. The number of ketones is 1. The molecule has 0 N–H and O–H groups in total. The molecular formula is C13H11N3O. The lowest BCUT2D eigenvalue weighted by molar-refractivity contribution is -0.114. The maximum Gasteiger partial charge on any atom is 0.157 e. The first-order valence-corrected chi connectivity index (χ1v) is 5.54. The minimum Gasteiger partial charge on any atom is -0.295 e. The zero-order valence-electron chi connectivity index (χ0n) is 9.21. The van der Waals surface area contributed by atoms with Gasteiger partial charge in [0.1, 0.15) is 5.69 Å². The third-order valence-corrected chi connectivity index (χ3v) is 2.81. The van der Waals surface area contributed by atoms with Crippen LogP contribution in [0.25, 0.3) is 17.0 Å². The molecular weight excluding hydrogens is 214 g/mol. The molecule has 84 valence electrons. The van der Waals surface area contributed by atoms with E-state index in [9.17, 15) is 4.79 Å². The second-order valence-electron chi connectivity index (χ2n) is 4.02. The molecule has 0 unspecified atom stereocenters. The molecule has 4 heteroatoms. The van der Waals surface area contributed by atoms with Gasteiger partial charge in [0.05, 0.1) is 6.20 Å². The Morgan fingerprint density at radius 2 is 1.94 bits per heavy atom. The number of carbonyl (C=O) groups is 1. The minimum atomic E-state index is 0.164. The maximum absolute atomic E-state index is 11.2. The number of nitrogens with zero attached hydrogens (tertiary/aromatic N) is 3. The highest BCUT2D eigenvalue weighted by Crippen LogP contribution is 2.21. The van der Waals surface area contributed by atoms with Crippen LogP contribution in [0, 0.1) is 0 Å². The standard InChI is InChI=1S/C13H11N3O/c17-12-7-6-11(8-12)16-9-13(14-15-16)10-4-2-1-3-5-10/h1-5,8-9H,6-7H2. The molecule has 1 aliphatic carbocycles. The van der Waals surface area contributed by atoms with E-state index in [4.69, 9.17) is 0 Å². The Bertz CT molecular complexity index is 584. The summed E-state index contributed by atoms with van der Waals surface area (Å²) in [6.45, 7) is 0. The Morgan fingerprint density at radius 1 is 1.12 bits per heavy atom. The van der Waals surface area contributed by atoms with Crippen LogP contribution in [0.5, 0.6) is 0 Å². The van der Waals surface area contributed by atoms with Gasteiger partial charge >= 0.3 is 0 Å². The van der Waals surface area contributed by atoms with Crippen LogP contribution in [0.1, 0.15) is 12.8 Å². The average molecular weight is 225 g/mol. The molecule has 0 spiro atoms. The van der Waals surface area contributed by atoms with Crippen LogP contribution >= 0.6 is 0 Å². The summed E-state index contributed by atoms with van der Waals surface area (Å²) in [6.07, 6.45) is 4.83. The molecule has 0 aliphatic heterocycles. The van der Waals surface area contributed by atoms with Crippen molar-refractivity contribution in [2.24, 2.45) is 0 Å². The Balaban J connectivity index is 1.94. The Hall–Kier alpha value is -2.23. The second kappa shape index (κ2) is 3.97. The van der Waals surface area contributed by atoms with Gasteiger partial charge in [0.15, 0.2) is 5.78 Å². The zero-order valence-corrected chi connectivity index (χ0v) is 9.21. The molecule has 0 saturated heterocycles. The van der Waals surface area contributed by atoms with Gasteiger partial charge in [-0.15, -0.1) is 5.10 Å². The molecule has 0 fully saturated rings. The second-order valence-corrected chi connectivity index (χ2v) is 4.02. The summed E-state index contributed by atoms with van der Waals surface area (Å²) in [6, 6.07) is 9.87. The van der Waals surface area contributed by atoms with E-state index in [0.29, 0.717) is 6.42 Å². The number of hydrogen-bond acceptors (Lipinski definition) is 3. The van der Waals surface area contributed by atoms with Crippen molar-refractivity contribution in [3.05, 3.63) is 42.6 Å². The highest BCUT2D eigenvalue weighted by molar-refractivity contribution is 5.98. The first-order chi connectivity index (χ1) is 8.33. The molecule has 0 saturated carbocycles. The first-order valence-electron chi connectivity index (χ1n) is 5.54. The monoisotopic (exact) mass is 225 g/mol. The predicted octanol–water partition coefficient (Wildman–Crippen LogP) is 2.15. The molecule has 1 aliphatic rings. The third kappa shape index (κ3) is 1.89. The number of benzene rings is 1. The number of carbonyl (C=O) groups excluding carboxylic acids is 1. The number of rotatable bonds is 2. The molecule has 1 aromatic heterocycles. The van der Waals surface area contributed by atoms with Gasteiger partial charge in [-0.05, 0) is 6.42 Å². The minimum absolute atomic E-state index is 0.164. The summed E-state index contributed by atoms with van der Waals surface area (Å²) in [4.78, 5) is 11.2. The molecule has 0 atom stereocenters. The number of hydrogen-bond donors (Lipinski definition) is 0. The van der Waals surface area contributed by atoms with E-state index >= 15 is 0 Å². The van der Waals surface area contributed by atoms with Crippen molar-refractivity contribution < 1.29 is 4.79 Å². The van der Waals surface area contributed by atoms with Crippen molar-refractivity contribution >= 4 is 11.5 Å². The lowest BCUT2D eigenvalue weighted by atomic mass is 10.2. The van der Waals surface area contributed by atoms with Gasteiger partial charge in [-0.2, -0.15) is 0 Å². The highest BCUT2D eigenvalue weighted by atomic mass is 16.1. The fraction of sp³-hybridized carbons (Fsp3) is 0.154. The van der Waals surface area contributed by atoms with Crippen LogP contribution in [-0.4, -0.2) is 20.8 Å². The van der Waals surface area contributed by atoms with E-state index in [0.717, 1.165) is 23.4 Å². The van der Waals surface area contributed by atoms with Gasteiger partial charge in [-0.1, -0.05) is 35.5 Å². The molecule has 1 aromatic carbocycles. The Labute approximate surface area is 98.6 Å². The summed E-state index contributed by atoms with van der Waals surface area (Å²) in [5, 5.41) is 8.17. The van der Waals surface area contributed by atoms with Gasteiger partial charge in [-0.3, -0.25) is 4.79 Å². The van der Waals surface area contributed by atoms with E-state index < -0.39 is 0 Å². The topological polar surface area (TPSA) is 47.8 Å². The van der Waals surface area contributed by atoms with Crippen LogP contribution in [0.2, 0.25) is 0 Å². The van der Waals surface area contributed by atoms with Crippen molar-refractivity contribution in [1.82, 2.24) is 15.0 Å². The summed E-state index contributed by atoms with van der Waals surface area (Å²) in [5.41, 5.74) is 2.78. The van der Waals surface area contributed by atoms with Crippen molar-refractivity contribution in [2.75, 3.05) is 0 Å². The van der Waals surface area contributed by atoms with E-state index in [2.05, 4.69) is 10.3 Å². The van der Waals surface area contributed by atoms with E-state index in [-0.39, 0.29) is 5.78 Å². The number of aromatic nitrogens is 3.